The molecule has 0 bridgehead atoms. The third-order valence-corrected chi connectivity index (χ3v) is 1.49. The lowest BCUT2D eigenvalue weighted by molar-refractivity contribution is -0.0177. The van der Waals surface area contributed by atoms with E-state index in [0.29, 0.717) is 0 Å². The Morgan fingerprint density at radius 2 is 2.00 bits per heavy atom. The Morgan fingerprint density at radius 3 is 2.33 bits per heavy atom. The van der Waals surface area contributed by atoms with Gasteiger partial charge >= 0.3 is 0 Å². The second-order valence-electron chi connectivity index (χ2n) is 2.82. The van der Waals surface area contributed by atoms with E-state index in [9.17, 15) is 0 Å². The van der Waals surface area contributed by atoms with Crippen LogP contribution in [0.15, 0.2) is 0 Å². The minimum absolute atomic E-state index is 0.0533. The van der Waals surface area contributed by atoms with Crippen molar-refractivity contribution in [3.8, 4) is 0 Å². The average molecular weight is 129 g/mol. The van der Waals surface area contributed by atoms with Crippen LogP contribution in [-0.4, -0.2) is 12.2 Å². The Hall–Kier alpha value is -0.0400. The predicted molar refractivity (Wildman–Crippen MR) is 40.3 cm³/mol. The van der Waals surface area contributed by atoms with Crippen molar-refractivity contribution in [3.05, 3.63) is 6.92 Å². The summed E-state index contributed by atoms with van der Waals surface area (Å²) in [4.78, 5) is 0. The summed E-state index contributed by atoms with van der Waals surface area (Å²) in [5, 5.41) is 0. The topological polar surface area (TPSA) is 9.23 Å². The van der Waals surface area contributed by atoms with Gasteiger partial charge in [-0.1, -0.05) is 13.8 Å². The molecule has 0 aromatic heterocycles. The molecule has 0 spiro atoms. The van der Waals surface area contributed by atoms with Gasteiger partial charge in [-0.3, -0.25) is 0 Å². The Bertz CT molecular complexity index is 67.0. The van der Waals surface area contributed by atoms with E-state index in [0.717, 1.165) is 19.4 Å². The average Bonchev–Trinajstić information content (AvgIpc) is 1.84. The first-order chi connectivity index (χ1) is 4.12. The summed E-state index contributed by atoms with van der Waals surface area (Å²) in [6.45, 7) is 10.8. The van der Waals surface area contributed by atoms with Crippen LogP contribution >= 0.6 is 0 Å². The fraction of sp³-hybridized carbons (Fsp3) is 0.875. The Balaban J connectivity index is 3.33. The van der Waals surface area contributed by atoms with Crippen LogP contribution < -0.4 is 0 Å². The molecule has 0 aliphatic rings. The maximum Gasteiger partial charge on any atom is 0.0623 e. The largest absolute Gasteiger partial charge is 0.376 e. The summed E-state index contributed by atoms with van der Waals surface area (Å²) in [7, 11) is 0. The van der Waals surface area contributed by atoms with Crippen LogP contribution in [0.25, 0.3) is 0 Å². The molecule has 1 radical (unpaired) electrons. The number of rotatable bonds is 4. The van der Waals surface area contributed by atoms with E-state index in [2.05, 4.69) is 27.7 Å². The fourth-order valence-corrected chi connectivity index (χ4v) is 0.451. The van der Waals surface area contributed by atoms with Crippen LogP contribution in [0.5, 0.6) is 0 Å². The quantitative estimate of drug-likeness (QED) is 0.566. The van der Waals surface area contributed by atoms with Crippen LogP contribution in [0, 0.1) is 6.92 Å². The van der Waals surface area contributed by atoms with Gasteiger partial charge in [-0.2, -0.15) is 0 Å². The molecule has 0 saturated carbocycles. The van der Waals surface area contributed by atoms with Gasteiger partial charge in [0.2, 0.25) is 0 Å². The van der Waals surface area contributed by atoms with Crippen molar-refractivity contribution in [2.45, 2.75) is 39.2 Å². The molecule has 0 fully saturated rings. The Kier molecular flexibility index (Phi) is 3.87. The van der Waals surface area contributed by atoms with Crippen LogP contribution in [-0.2, 0) is 4.74 Å². The Morgan fingerprint density at radius 1 is 1.44 bits per heavy atom. The van der Waals surface area contributed by atoms with E-state index >= 15 is 0 Å². The summed E-state index contributed by atoms with van der Waals surface area (Å²) in [6, 6.07) is 0. The van der Waals surface area contributed by atoms with Gasteiger partial charge in [0.25, 0.3) is 0 Å². The zero-order chi connectivity index (χ0) is 7.33. The highest BCUT2D eigenvalue weighted by Crippen LogP contribution is 2.12. The van der Waals surface area contributed by atoms with E-state index in [1.165, 1.54) is 0 Å². The zero-order valence-electron chi connectivity index (χ0n) is 6.74. The van der Waals surface area contributed by atoms with Crippen LogP contribution in [0.3, 0.4) is 0 Å². The Labute approximate surface area is 58.4 Å². The monoisotopic (exact) mass is 129 g/mol. The molecule has 0 amide bonds. The molecular formula is C8H17O. The van der Waals surface area contributed by atoms with Crippen molar-refractivity contribution in [1.29, 1.82) is 0 Å². The molecule has 0 aromatic carbocycles. The van der Waals surface area contributed by atoms with Gasteiger partial charge in [0.1, 0.15) is 0 Å². The third kappa shape index (κ3) is 4.46. The van der Waals surface area contributed by atoms with E-state index in [1.807, 2.05) is 0 Å². The number of ether oxygens (including phenoxy) is 1. The molecule has 0 unspecified atom stereocenters. The number of hydrogen-bond acceptors (Lipinski definition) is 1. The van der Waals surface area contributed by atoms with Gasteiger partial charge in [-0.25, -0.2) is 0 Å². The maximum atomic E-state index is 5.47. The van der Waals surface area contributed by atoms with Gasteiger partial charge < -0.3 is 4.74 Å². The third-order valence-electron chi connectivity index (χ3n) is 1.49. The maximum absolute atomic E-state index is 5.47. The van der Waals surface area contributed by atoms with Crippen LogP contribution in [0.4, 0.5) is 0 Å². The highest BCUT2D eigenvalue weighted by atomic mass is 16.5. The first kappa shape index (κ1) is 8.96. The normalized spacial score (nSPS) is 12.0. The van der Waals surface area contributed by atoms with Crippen molar-refractivity contribution >= 4 is 0 Å². The lowest BCUT2D eigenvalue weighted by Crippen LogP contribution is -2.23. The molecule has 0 heterocycles. The van der Waals surface area contributed by atoms with Gasteiger partial charge in [0, 0.05) is 6.61 Å². The van der Waals surface area contributed by atoms with Gasteiger partial charge in [0.15, 0.2) is 0 Å². The van der Waals surface area contributed by atoms with Crippen molar-refractivity contribution in [2.75, 3.05) is 6.61 Å². The lowest BCUT2D eigenvalue weighted by atomic mass is 10.1. The fourth-order valence-electron chi connectivity index (χ4n) is 0.451. The molecule has 0 atom stereocenters. The van der Waals surface area contributed by atoms with E-state index in [1.54, 1.807) is 0 Å². The van der Waals surface area contributed by atoms with Crippen LogP contribution in [0.1, 0.15) is 33.6 Å². The zero-order valence-corrected chi connectivity index (χ0v) is 6.74. The first-order valence-electron chi connectivity index (χ1n) is 3.55. The van der Waals surface area contributed by atoms with Crippen molar-refractivity contribution < 1.29 is 4.74 Å². The van der Waals surface area contributed by atoms with Gasteiger partial charge in [-0.05, 0) is 26.7 Å². The number of hydrogen-bond donors (Lipinski definition) is 0. The standard InChI is InChI=1S/C8H17O/c1-5-7-9-8(3,4)6-2/h1,5-7H2,2-4H3. The summed E-state index contributed by atoms with van der Waals surface area (Å²) >= 11 is 0. The van der Waals surface area contributed by atoms with Crippen molar-refractivity contribution in [1.82, 2.24) is 0 Å². The molecule has 1 nitrogen and oxygen atoms in total. The second kappa shape index (κ2) is 3.89. The lowest BCUT2D eigenvalue weighted by Gasteiger charge is -2.22. The molecular weight excluding hydrogens is 112 g/mol. The molecule has 0 aromatic rings. The molecule has 0 aliphatic carbocycles. The molecule has 0 rings (SSSR count). The molecule has 0 aliphatic heterocycles. The highest BCUT2D eigenvalue weighted by molar-refractivity contribution is 4.64. The summed E-state index contributed by atoms with van der Waals surface area (Å²) < 4.78 is 5.47. The minimum atomic E-state index is 0.0533. The predicted octanol–water partition coefficient (Wildman–Crippen LogP) is 2.42. The van der Waals surface area contributed by atoms with Gasteiger partial charge in [0.05, 0.1) is 5.60 Å². The van der Waals surface area contributed by atoms with E-state index in [-0.39, 0.29) is 5.60 Å². The van der Waals surface area contributed by atoms with E-state index < -0.39 is 0 Å². The smallest absolute Gasteiger partial charge is 0.0623 e. The highest BCUT2D eigenvalue weighted by Gasteiger charge is 2.13. The molecule has 0 saturated heterocycles. The first-order valence-corrected chi connectivity index (χ1v) is 3.55. The van der Waals surface area contributed by atoms with E-state index in [4.69, 9.17) is 4.74 Å². The summed E-state index contributed by atoms with van der Waals surface area (Å²) in [5.41, 5.74) is 0.0533. The summed E-state index contributed by atoms with van der Waals surface area (Å²) in [6.07, 6.45) is 1.93. The van der Waals surface area contributed by atoms with Gasteiger partial charge in [-0.15, -0.1) is 0 Å². The molecule has 55 valence electrons. The van der Waals surface area contributed by atoms with Crippen molar-refractivity contribution in [3.63, 3.8) is 0 Å². The molecule has 0 N–H and O–H groups in total. The molecule has 1 heteroatoms. The molecule has 9 heavy (non-hydrogen) atoms. The second-order valence-corrected chi connectivity index (χ2v) is 2.82. The summed E-state index contributed by atoms with van der Waals surface area (Å²) in [5.74, 6) is 0. The SMILES string of the molecule is [CH2]CCOC(C)(C)CC. The van der Waals surface area contributed by atoms with Crippen molar-refractivity contribution in [2.24, 2.45) is 0 Å². The van der Waals surface area contributed by atoms with Crippen LogP contribution in [0.2, 0.25) is 0 Å². The minimum Gasteiger partial charge on any atom is -0.376 e.